The molecule has 2 aliphatic rings. The van der Waals surface area contributed by atoms with E-state index in [2.05, 4.69) is 11.0 Å². The lowest BCUT2D eigenvalue weighted by Crippen LogP contribution is -2.37. The van der Waals surface area contributed by atoms with E-state index in [1.807, 2.05) is 0 Å². The predicted molar refractivity (Wildman–Crippen MR) is 80.2 cm³/mol. The Labute approximate surface area is 129 Å². The van der Waals surface area contributed by atoms with Crippen LogP contribution in [0.25, 0.3) is 0 Å². The maximum atomic E-state index is 12.3. The average molecular weight is 305 g/mol. The lowest BCUT2D eigenvalue weighted by molar-refractivity contribution is -0.152. The molecule has 1 aromatic carbocycles. The molecule has 3 rings (SSSR count). The van der Waals surface area contributed by atoms with Crippen LogP contribution in [0.5, 0.6) is 0 Å². The quantitative estimate of drug-likeness (QED) is 0.788. The van der Waals surface area contributed by atoms with Crippen molar-refractivity contribution in [2.75, 3.05) is 25.1 Å². The Bertz CT molecular complexity index is 625. The number of rotatable bonds is 2. The minimum Gasteiger partial charge on any atom is -0.469 e. The summed E-state index contributed by atoms with van der Waals surface area (Å²) in [6, 6.07) is 7.52. The number of nitrogens with zero attached hydrogens (tertiary/aromatic N) is 2. The molecule has 0 bridgehead atoms. The van der Waals surface area contributed by atoms with E-state index in [-0.39, 0.29) is 11.9 Å². The van der Waals surface area contributed by atoms with Crippen molar-refractivity contribution >= 4 is 23.3 Å². The minimum atomic E-state index is -0.430. The van der Waals surface area contributed by atoms with E-state index in [0.29, 0.717) is 17.1 Å². The zero-order valence-corrected chi connectivity index (χ0v) is 12.7. The standard InChI is InChI=1S/C16H17ClN2O2/c1-21-15(20)16-7-3-5-12(16)9-19(10-16)14-11(8-18)4-2-6-13(14)17/h2,4,6,12H,3,5,7,9-10H2,1H3. The summed E-state index contributed by atoms with van der Waals surface area (Å²) >= 11 is 6.29. The Balaban J connectivity index is 1.98. The number of hydrogen-bond donors (Lipinski definition) is 0. The first kappa shape index (κ1) is 14.2. The second-order valence-corrected chi connectivity index (χ2v) is 6.27. The van der Waals surface area contributed by atoms with Crippen LogP contribution in [0.1, 0.15) is 24.8 Å². The fourth-order valence-electron chi connectivity index (χ4n) is 3.92. The average Bonchev–Trinajstić information content (AvgIpc) is 3.03. The summed E-state index contributed by atoms with van der Waals surface area (Å²) in [5.74, 6) is 0.158. The van der Waals surface area contributed by atoms with Crippen molar-refractivity contribution in [2.45, 2.75) is 19.3 Å². The molecule has 2 unspecified atom stereocenters. The summed E-state index contributed by atoms with van der Waals surface area (Å²) in [4.78, 5) is 14.4. The van der Waals surface area contributed by atoms with Crippen LogP contribution in [-0.4, -0.2) is 26.2 Å². The van der Waals surface area contributed by atoms with Crippen LogP contribution in [-0.2, 0) is 9.53 Å². The van der Waals surface area contributed by atoms with E-state index in [4.69, 9.17) is 16.3 Å². The molecule has 0 spiro atoms. The zero-order chi connectivity index (χ0) is 15.0. The van der Waals surface area contributed by atoms with Gasteiger partial charge in [-0.15, -0.1) is 0 Å². The van der Waals surface area contributed by atoms with E-state index in [1.165, 1.54) is 7.11 Å². The number of hydrogen-bond acceptors (Lipinski definition) is 4. The van der Waals surface area contributed by atoms with Crippen LogP contribution in [0.3, 0.4) is 0 Å². The lowest BCUT2D eigenvalue weighted by Gasteiger charge is -2.26. The van der Waals surface area contributed by atoms with Crippen LogP contribution < -0.4 is 4.90 Å². The third kappa shape index (κ3) is 2.08. The van der Waals surface area contributed by atoms with Crippen LogP contribution >= 0.6 is 11.6 Å². The lowest BCUT2D eigenvalue weighted by atomic mass is 9.81. The summed E-state index contributed by atoms with van der Waals surface area (Å²) in [5, 5.41) is 9.86. The topological polar surface area (TPSA) is 53.3 Å². The second-order valence-electron chi connectivity index (χ2n) is 5.87. The van der Waals surface area contributed by atoms with Crippen molar-refractivity contribution in [3.8, 4) is 6.07 Å². The fraction of sp³-hybridized carbons (Fsp3) is 0.500. The number of anilines is 1. The van der Waals surface area contributed by atoms with Crippen molar-refractivity contribution in [2.24, 2.45) is 11.3 Å². The van der Waals surface area contributed by atoms with E-state index < -0.39 is 5.41 Å². The van der Waals surface area contributed by atoms with Crippen molar-refractivity contribution in [3.63, 3.8) is 0 Å². The van der Waals surface area contributed by atoms with Gasteiger partial charge in [-0.2, -0.15) is 5.26 Å². The smallest absolute Gasteiger partial charge is 0.313 e. The highest BCUT2D eigenvalue weighted by Gasteiger charge is 2.55. The van der Waals surface area contributed by atoms with Gasteiger partial charge in [-0.1, -0.05) is 24.1 Å². The Kier molecular flexibility index (Phi) is 3.54. The third-order valence-corrected chi connectivity index (χ3v) is 5.19. The van der Waals surface area contributed by atoms with Gasteiger partial charge in [0.25, 0.3) is 0 Å². The van der Waals surface area contributed by atoms with Gasteiger partial charge in [0, 0.05) is 13.1 Å². The monoisotopic (exact) mass is 304 g/mol. The van der Waals surface area contributed by atoms with Gasteiger partial charge >= 0.3 is 5.97 Å². The number of methoxy groups -OCH3 is 1. The second kappa shape index (κ2) is 5.23. The minimum absolute atomic E-state index is 0.127. The van der Waals surface area contributed by atoms with Crippen molar-refractivity contribution < 1.29 is 9.53 Å². The molecule has 2 fully saturated rings. The molecule has 1 saturated heterocycles. The number of fused-ring (bicyclic) bond motifs is 1. The molecule has 21 heavy (non-hydrogen) atoms. The molecular formula is C16H17ClN2O2. The molecule has 1 aromatic rings. The Morgan fingerprint density at radius 1 is 1.57 bits per heavy atom. The molecule has 0 amide bonds. The van der Waals surface area contributed by atoms with E-state index in [0.717, 1.165) is 31.5 Å². The molecule has 0 radical (unpaired) electrons. The number of halogens is 1. The first-order valence-electron chi connectivity index (χ1n) is 7.14. The number of carbonyl (C=O) groups excluding carboxylic acids is 1. The highest BCUT2D eigenvalue weighted by atomic mass is 35.5. The summed E-state index contributed by atoms with van der Waals surface area (Å²) < 4.78 is 5.05. The maximum absolute atomic E-state index is 12.3. The van der Waals surface area contributed by atoms with E-state index in [1.54, 1.807) is 18.2 Å². The molecule has 0 N–H and O–H groups in total. The van der Waals surface area contributed by atoms with Gasteiger partial charge in [0.15, 0.2) is 0 Å². The Morgan fingerprint density at radius 2 is 2.38 bits per heavy atom. The van der Waals surface area contributed by atoms with Crippen molar-refractivity contribution in [1.29, 1.82) is 5.26 Å². The molecule has 2 atom stereocenters. The summed E-state index contributed by atoms with van der Waals surface area (Å²) in [7, 11) is 1.45. The van der Waals surface area contributed by atoms with Crippen molar-refractivity contribution in [3.05, 3.63) is 28.8 Å². The third-order valence-electron chi connectivity index (χ3n) is 4.89. The molecule has 0 aromatic heterocycles. The summed E-state index contributed by atoms with van der Waals surface area (Å²) in [6.45, 7) is 1.34. The molecule has 5 heteroatoms. The molecule has 1 heterocycles. The van der Waals surface area contributed by atoms with Gasteiger partial charge in [0.05, 0.1) is 28.8 Å². The number of esters is 1. The van der Waals surface area contributed by atoms with E-state index in [9.17, 15) is 10.1 Å². The number of carbonyl (C=O) groups is 1. The first-order valence-corrected chi connectivity index (χ1v) is 7.52. The number of benzene rings is 1. The number of ether oxygens (including phenoxy) is 1. The molecular weight excluding hydrogens is 288 g/mol. The zero-order valence-electron chi connectivity index (χ0n) is 11.9. The summed E-state index contributed by atoms with van der Waals surface area (Å²) in [6.07, 6.45) is 2.94. The van der Waals surface area contributed by atoms with Gasteiger partial charge in [-0.3, -0.25) is 4.79 Å². The van der Waals surface area contributed by atoms with Gasteiger partial charge in [0.1, 0.15) is 6.07 Å². The molecule has 110 valence electrons. The van der Waals surface area contributed by atoms with Crippen LogP contribution in [0, 0.1) is 22.7 Å². The summed E-state index contributed by atoms with van der Waals surface area (Å²) in [5.41, 5.74) is 0.877. The van der Waals surface area contributed by atoms with Gasteiger partial charge < -0.3 is 9.64 Å². The number of nitriles is 1. The fourth-order valence-corrected chi connectivity index (χ4v) is 4.22. The molecule has 1 aliphatic carbocycles. The molecule has 4 nitrogen and oxygen atoms in total. The van der Waals surface area contributed by atoms with E-state index >= 15 is 0 Å². The Morgan fingerprint density at radius 3 is 3.10 bits per heavy atom. The predicted octanol–water partition coefficient (Wildman–Crippen LogP) is 2.99. The van der Waals surface area contributed by atoms with Gasteiger partial charge in [0.2, 0.25) is 0 Å². The van der Waals surface area contributed by atoms with Gasteiger partial charge in [-0.25, -0.2) is 0 Å². The molecule has 1 saturated carbocycles. The highest BCUT2D eigenvalue weighted by molar-refractivity contribution is 6.33. The van der Waals surface area contributed by atoms with Crippen molar-refractivity contribution in [1.82, 2.24) is 0 Å². The van der Waals surface area contributed by atoms with Gasteiger partial charge in [-0.05, 0) is 30.9 Å². The maximum Gasteiger partial charge on any atom is 0.313 e. The SMILES string of the molecule is COC(=O)C12CCCC1CN(c1c(Cl)cccc1C#N)C2. The van der Waals surface area contributed by atoms with Crippen LogP contribution in [0.2, 0.25) is 5.02 Å². The normalized spacial score (nSPS) is 27.3. The number of para-hydroxylation sites is 1. The first-order chi connectivity index (χ1) is 10.1. The Hall–Kier alpha value is -1.73. The highest BCUT2D eigenvalue weighted by Crippen LogP contribution is 2.51. The van der Waals surface area contributed by atoms with Crippen LogP contribution in [0.4, 0.5) is 5.69 Å². The largest absolute Gasteiger partial charge is 0.469 e. The van der Waals surface area contributed by atoms with Crippen LogP contribution in [0.15, 0.2) is 18.2 Å². The molecule has 1 aliphatic heterocycles.